The summed E-state index contributed by atoms with van der Waals surface area (Å²) in [4.78, 5) is 12.8. The molecule has 0 saturated heterocycles. The van der Waals surface area contributed by atoms with Gasteiger partial charge < -0.3 is 14.4 Å². The standard InChI is InChI=1S/C30H30FN3O5S/c1-29(2,28(35)39-5)17-24-23-16-25-19(18-32-34(25)40(37,38)22-9-7-6-8-10-22)15-26(23)33(27(24)30(3,4)36)21-13-11-20(31)12-14-21/h6-16,18,36H,17H2,1-5H3. The number of carbonyl (C=O) groups is 1. The molecule has 3 aromatic carbocycles. The Morgan fingerprint density at radius 1 is 1.00 bits per heavy atom. The lowest BCUT2D eigenvalue weighted by molar-refractivity contribution is -0.150. The fourth-order valence-corrected chi connectivity index (χ4v) is 6.49. The zero-order valence-corrected chi connectivity index (χ0v) is 23.7. The Labute approximate surface area is 231 Å². The average Bonchev–Trinajstić information content (AvgIpc) is 3.47. The summed E-state index contributed by atoms with van der Waals surface area (Å²) in [6.45, 7) is 6.77. The normalized spacial score (nSPS) is 12.8. The summed E-state index contributed by atoms with van der Waals surface area (Å²) in [6.07, 6.45) is 1.65. The first-order valence-electron chi connectivity index (χ1n) is 12.7. The lowest BCUT2D eigenvalue weighted by Crippen LogP contribution is -2.30. The molecular formula is C30H30FN3O5S. The molecule has 0 amide bonds. The van der Waals surface area contributed by atoms with Crippen molar-refractivity contribution < 1.29 is 27.4 Å². The van der Waals surface area contributed by atoms with Gasteiger partial charge in [-0.05, 0) is 88.2 Å². The Morgan fingerprint density at radius 2 is 1.65 bits per heavy atom. The van der Waals surface area contributed by atoms with Gasteiger partial charge >= 0.3 is 5.97 Å². The van der Waals surface area contributed by atoms with E-state index < -0.39 is 32.8 Å². The van der Waals surface area contributed by atoms with Gasteiger partial charge in [0, 0.05) is 16.5 Å². The molecule has 208 valence electrons. The van der Waals surface area contributed by atoms with E-state index in [4.69, 9.17) is 4.74 Å². The Balaban J connectivity index is 1.89. The summed E-state index contributed by atoms with van der Waals surface area (Å²) >= 11 is 0. The molecule has 0 atom stereocenters. The van der Waals surface area contributed by atoms with Gasteiger partial charge in [-0.2, -0.15) is 17.6 Å². The molecule has 40 heavy (non-hydrogen) atoms. The van der Waals surface area contributed by atoms with Gasteiger partial charge in [0.15, 0.2) is 0 Å². The maximum absolute atomic E-state index is 13.9. The number of esters is 1. The van der Waals surface area contributed by atoms with E-state index in [1.165, 1.54) is 37.6 Å². The molecule has 1 N–H and O–H groups in total. The summed E-state index contributed by atoms with van der Waals surface area (Å²) in [5, 5.41) is 16.9. The highest BCUT2D eigenvalue weighted by molar-refractivity contribution is 7.90. The molecule has 8 nitrogen and oxygen atoms in total. The Morgan fingerprint density at radius 3 is 2.25 bits per heavy atom. The second-order valence-electron chi connectivity index (χ2n) is 11.0. The number of aliphatic hydroxyl groups is 1. The molecule has 0 fully saturated rings. The molecule has 5 rings (SSSR count). The average molecular weight is 564 g/mol. The molecule has 10 heteroatoms. The van der Waals surface area contributed by atoms with Crippen molar-refractivity contribution in [3.05, 3.63) is 90.0 Å². The number of hydrogen-bond donors (Lipinski definition) is 1. The zero-order chi connectivity index (χ0) is 29.0. The number of nitrogens with zero attached hydrogens (tertiary/aromatic N) is 3. The van der Waals surface area contributed by atoms with Crippen molar-refractivity contribution in [2.75, 3.05) is 7.11 Å². The minimum Gasteiger partial charge on any atom is -0.469 e. The van der Waals surface area contributed by atoms with E-state index in [-0.39, 0.29) is 11.3 Å². The zero-order valence-electron chi connectivity index (χ0n) is 22.8. The minimum atomic E-state index is -4.01. The quantitative estimate of drug-likeness (QED) is 0.269. The molecule has 0 aliphatic heterocycles. The van der Waals surface area contributed by atoms with Crippen LogP contribution in [0.25, 0.3) is 27.5 Å². The maximum Gasteiger partial charge on any atom is 0.311 e. The lowest BCUT2D eigenvalue weighted by Gasteiger charge is -2.27. The van der Waals surface area contributed by atoms with Gasteiger partial charge in [0.25, 0.3) is 10.0 Å². The van der Waals surface area contributed by atoms with Crippen molar-refractivity contribution in [3.63, 3.8) is 0 Å². The summed E-state index contributed by atoms with van der Waals surface area (Å²) in [7, 11) is -2.69. The molecular weight excluding hydrogens is 533 g/mol. The number of ether oxygens (including phenoxy) is 1. The van der Waals surface area contributed by atoms with Gasteiger partial charge in [0.2, 0.25) is 0 Å². The molecule has 0 radical (unpaired) electrons. The summed E-state index contributed by atoms with van der Waals surface area (Å²) in [5.41, 5.74) is 0.314. The van der Waals surface area contributed by atoms with Gasteiger partial charge in [0.05, 0.1) is 45.9 Å². The highest BCUT2D eigenvalue weighted by atomic mass is 32.2. The van der Waals surface area contributed by atoms with Gasteiger partial charge in [0.1, 0.15) is 5.82 Å². The van der Waals surface area contributed by atoms with Crippen LogP contribution in [0, 0.1) is 11.2 Å². The smallest absolute Gasteiger partial charge is 0.311 e. The summed E-state index contributed by atoms with van der Waals surface area (Å²) in [6, 6.07) is 17.4. The highest BCUT2D eigenvalue weighted by Crippen LogP contribution is 2.41. The van der Waals surface area contributed by atoms with Crippen molar-refractivity contribution in [3.8, 4) is 5.69 Å². The van der Waals surface area contributed by atoms with Crippen LogP contribution >= 0.6 is 0 Å². The van der Waals surface area contributed by atoms with Gasteiger partial charge in [-0.1, -0.05) is 18.2 Å². The number of benzene rings is 3. The topological polar surface area (TPSA) is 103 Å². The molecule has 5 aromatic rings. The first-order valence-corrected chi connectivity index (χ1v) is 14.1. The number of carbonyl (C=O) groups excluding carboxylic acids is 1. The predicted molar refractivity (Wildman–Crippen MR) is 150 cm³/mol. The van der Waals surface area contributed by atoms with Crippen LogP contribution in [-0.4, -0.2) is 40.4 Å². The van der Waals surface area contributed by atoms with Crippen molar-refractivity contribution in [1.29, 1.82) is 0 Å². The second-order valence-corrected chi connectivity index (χ2v) is 12.8. The molecule has 0 bridgehead atoms. The number of rotatable bonds is 7. The predicted octanol–water partition coefficient (Wildman–Crippen LogP) is 5.33. The molecule has 0 saturated carbocycles. The van der Waals surface area contributed by atoms with E-state index in [1.807, 2.05) is 4.57 Å². The second kappa shape index (κ2) is 9.57. The molecule has 0 unspecified atom stereocenters. The van der Waals surface area contributed by atoms with Crippen LogP contribution in [0.5, 0.6) is 0 Å². The van der Waals surface area contributed by atoms with Crippen LogP contribution in [0.2, 0.25) is 0 Å². The van der Waals surface area contributed by atoms with Crippen molar-refractivity contribution in [2.24, 2.45) is 5.41 Å². The Bertz CT molecular complexity index is 1850. The Hall–Kier alpha value is -4.02. The summed E-state index contributed by atoms with van der Waals surface area (Å²) < 4.78 is 48.8. The molecule has 0 aliphatic rings. The first kappa shape index (κ1) is 27.5. The summed E-state index contributed by atoms with van der Waals surface area (Å²) in [5.74, 6) is -0.846. The van der Waals surface area contributed by atoms with Gasteiger partial charge in [-0.3, -0.25) is 4.79 Å². The third-order valence-electron chi connectivity index (χ3n) is 7.02. The fourth-order valence-electron chi connectivity index (χ4n) is 5.20. The monoisotopic (exact) mass is 563 g/mol. The molecule has 0 aliphatic carbocycles. The number of hydrogen-bond acceptors (Lipinski definition) is 6. The fraction of sp³-hybridized carbons (Fsp3) is 0.267. The van der Waals surface area contributed by atoms with E-state index in [2.05, 4.69) is 5.10 Å². The Kier molecular flexibility index (Phi) is 6.59. The molecule has 2 heterocycles. The number of aromatic nitrogens is 3. The van der Waals surface area contributed by atoms with Crippen molar-refractivity contribution in [2.45, 2.75) is 44.6 Å². The largest absolute Gasteiger partial charge is 0.469 e. The van der Waals surface area contributed by atoms with Crippen molar-refractivity contribution >= 4 is 37.8 Å². The van der Waals surface area contributed by atoms with E-state index in [0.29, 0.717) is 38.8 Å². The van der Waals surface area contributed by atoms with Crippen LogP contribution in [-0.2, 0) is 31.6 Å². The van der Waals surface area contributed by atoms with E-state index in [0.717, 1.165) is 4.09 Å². The molecule has 2 aromatic heterocycles. The minimum absolute atomic E-state index is 0.0909. The van der Waals surface area contributed by atoms with Crippen LogP contribution in [0.1, 0.15) is 39.0 Å². The third-order valence-corrected chi connectivity index (χ3v) is 8.63. The van der Waals surface area contributed by atoms with Crippen molar-refractivity contribution in [1.82, 2.24) is 13.8 Å². The maximum atomic E-state index is 13.9. The first-order chi connectivity index (χ1) is 18.8. The van der Waals surface area contributed by atoms with Gasteiger partial charge in [-0.25, -0.2) is 4.39 Å². The number of halogens is 1. The van der Waals surface area contributed by atoms with E-state index in [9.17, 15) is 22.7 Å². The van der Waals surface area contributed by atoms with Gasteiger partial charge in [-0.15, -0.1) is 0 Å². The van der Waals surface area contributed by atoms with Crippen LogP contribution in [0.3, 0.4) is 0 Å². The highest BCUT2D eigenvalue weighted by Gasteiger charge is 2.36. The lowest BCUT2D eigenvalue weighted by atomic mass is 9.83. The molecule has 0 spiro atoms. The van der Waals surface area contributed by atoms with E-state index in [1.54, 1.807) is 70.2 Å². The number of fused-ring (bicyclic) bond motifs is 2. The van der Waals surface area contributed by atoms with E-state index >= 15 is 0 Å². The SMILES string of the molecule is COC(=O)C(C)(C)Cc1c(C(C)(C)O)n(-c2ccc(F)cc2)c2cc3cnn(S(=O)(=O)c4ccccc4)c3cc12. The van der Waals surface area contributed by atoms with Crippen LogP contribution < -0.4 is 0 Å². The number of methoxy groups -OCH3 is 1. The van der Waals surface area contributed by atoms with Crippen LogP contribution in [0.4, 0.5) is 4.39 Å². The third kappa shape index (κ3) is 4.56. The van der Waals surface area contributed by atoms with Crippen LogP contribution in [0.15, 0.2) is 77.8 Å².